The first-order chi connectivity index (χ1) is 17.7. The van der Waals surface area contributed by atoms with E-state index in [1.165, 1.54) is 18.3 Å². The first-order valence-electron chi connectivity index (χ1n) is 11.3. The zero-order chi connectivity index (χ0) is 26.4. The summed E-state index contributed by atoms with van der Waals surface area (Å²) < 4.78 is 45.8. The van der Waals surface area contributed by atoms with Gasteiger partial charge in [0, 0.05) is 16.8 Å². The van der Waals surface area contributed by atoms with E-state index in [0.29, 0.717) is 24.6 Å². The predicted molar refractivity (Wildman–Crippen MR) is 140 cm³/mol. The lowest BCUT2D eigenvalue weighted by molar-refractivity contribution is 0.102. The fraction of sp³-hybridized carbons (Fsp3) is 0.148. The van der Waals surface area contributed by atoms with Gasteiger partial charge in [-0.15, -0.1) is 0 Å². The Kier molecular flexibility index (Phi) is 7.90. The molecular weight excluding hydrogens is 495 g/mol. The van der Waals surface area contributed by atoms with Crippen molar-refractivity contribution in [1.29, 1.82) is 0 Å². The first-order valence-corrected chi connectivity index (χ1v) is 13.2. The number of ether oxygens (including phenoxy) is 1. The Hall–Kier alpha value is -4.15. The average molecular weight is 521 g/mol. The number of nitrogens with one attached hydrogen (secondary N) is 2. The van der Waals surface area contributed by atoms with Crippen LogP contribution >= 0.6 is 0 Å². The maximum absolute atomic E-state index is 14.6. The lowest BCUT2D eigenvalue weighted by Crippen LogP contribution is -2.14. The van der Waals surface area contributed by atoms with Crippen molar-refractivity contribution < 1.29 is 22.3 Å². The number of nitrogens with zero attached hydrogens (tertiary/aromatic N) is 2. The van der Waals surface area contributed by atoms with Crippen molar-refractivity contribution in [3.05, 3.63) is 107 Å². The van der Waals surface area contributed by atoms with E-state index in [1.54, 1.807) is 19.1 Å². The van der Waals surface area contributed by atoms with Crippen molar-refractivity contribution in [2.24, 2.45) is 0 Å². The summed E-state index contributed by atoms with van der Waals surface area (Å²) in [5.74, 6) is -1.08. The van der Waals surface area contributed by atoms with Crippen molar-refractivity contribution in [3.8, 4) is 11.3 Å². The van der Waals surface area contributed by atoms with Gasteiger partial charge >= 0.3 is 0 Å². The van der Waals surface area contributed by atoms with Crippen LogP contribution in [0.4, 0.5) is 15.9 Å². The minimum Gasteiger partial charge on any atom is -0.372 e. The number of aromatic nitrogens is 2. The molecule has 0 radical (unpaired) electrons. The zero-order valence-electron chi connectivity index (χ0n) is 20.2. The van der Waals surface area contributed by atoms with Gasteiger partial charge in [-0.3, -0.25) is 14.5 Å². The van der Waals surface area contributed by atoms with Crippen LogP contribution in [0.3, 0.4) is 0 Å². The van der Waals surface area contributed by atoms with Crippen LogP contribution in [0.5, 0.6) is 0 Å². The Morgan fingerprint density at radius 3 is 2.32 bits per heavy atom. The number of anilines is 2. The molecule has 1 heterocycles. The van der Waals surface area contributed by atoms with Crippen molar-refractivity contribution >= 4 is 27.4 Å². The summed E-state index contributed by atoms with van der Waals surface area (Å²) in [5, 5.41) is 2.79. The maximum atomic E-state index is 14.6. The molecule has 4 rings (SSSR count). The quantitative estimate of drug-likeness (QED) is 0.324. The summed E-state index contributed by atoms with van der Waals surface area (Å²) in [6, 6.07) is 21.0. The molecular formula is C27H25FN4O4S. The van der Waals surface area contributed by atoms with Gasteiger partial charge in [0.25, 0.3) is 5.91 Å². The smallest absolute Gasteiger partial charge is 0.255 e. The van der Waals surface area contributed by atoms with Crippen LogP contribution in [-0.4, -0.2) is 30.5 Å². The molecule has 37 heavy (non-hydrogen) atoms. The molecule has 0 atom stereocenters. The number of hydrogen-bond acceptors (Lipinski definition) is 6. The van der Waals surface area contributed by atoms with Crippen LogP contribution in [0.25, 0.3) is 11.3 Å². The van der Waals surface area contributed by atoms with E-state index >= 15 is 0 Å². The molecule has 4 aromatic rings. The molecule has 0 aliphatic rings. The van der Waals surface area contributed by atoms with E-state index < -0.39 is 21.7 Å². The van der Waals surface area contributed by atoms with E-state index in [0.717, 1.165) is 23.4 Å². The summed E-state index contributed by atoms with van der Waals surface area (Å²) in [5.41, 5.74) is 3.24. The molecule has 190 valence electrons. The normalized spacial score (nSPS) is 11.2. The number of hydrogen-bond donors (Lipinski definition) is 2. The Morgan fingerprint density at radius 1 is 0.973 bits per heavy atom. The van der Waals surface area contributed by atoms with Gasteiger partial charge in [-0.2, -0.15) is 0 Å². The van der Waals surface area contributed by atoms with Crippen LogP contribution in [0.2, 0.25) is 0 Å². The monoisotopic (exact) mass is 520 g/mol. The summed E-state index contributed by atoms with van der Waals surface area (Å²) in [6.07, 6.45) is 2.30. The Bertz CT molecular complexity index is 1510. The number of rotatable bonds is 9. The Morgan fingerprint density at radius 2 is 1.65 bits per heavy atom. The molecule has 0 fully saturated rings. The van der Waals surface area contributed by atoms with Crippen LogP contribution in [-0.2, 0) is 28.0 Å². The number of halogens is 1. The van der Waals surface area contributed by atoms with E-state index in [1.807, 2.05) is 42.5 Å². The summed E-state index contributed by atoms with van der Waals surface area (Å²) >= 11 is 0. The van der Waals surface area contributed by atoms with Crippen molar-refractivity contribution in [1.82, 2.24) is 9.97 Å². The largest absolute Gasteiger partial charge is 0.372 e. The number of aryl methyl sites for hydroxylation is 1. The van der Waals surface area contributed by atoms with Gasteiger partial charge in [0.05, 0.1) is 37.1 Å². The highest BCUT2D eigenvalue weighted by Gasteiger charge is 2.16. The first kappa shape index (κ1) is 25.9. The number of carbonyl (C=O) groups excluding carboxylic acids is 1. The SMILES string of the molecule is Cc1ncc(-c2cc(C(=O)Nc3ccc(COCc4ccccc4)cc3)ccc2F)nc1NS(C)(=O)=O. The molecule has 0 spiro atoms. The van der Waals surface area contributed by atoms with Crippen molar-refractivity contribution in [3.63, 3.8) is 0 Å². The number of benzene rings is 3. The highest BCUT2D eigenvalue weighted by atomic mass is 32.2. The number of carbonyl (C=O) groups is 1. The average Bonchev–Trinajstić information content (AvgIpc) is 2.86. The summed E-state index contributed by atoms with van der Waals surface area (Å²) in [4.78, 5) is 21.1. The molecule has 10 heteroatoms. The third-order valence-corrected chi connectivity index (χ3v) is 5.90. The molecule has 3 aromatic carbocycles. The molecule has 1 aromatic heterocycles. The highest BCUT2D eigenvalue weighted by Crippen LogP contribution is 2.25. The fourth-order valence-electron chi connectivity index (χ4n) is 3.46. The number of amides is 1. The predicted octanol–water partition coefficient (Wildman–Crippen LogP) is 4.93. The van der Waals surface area contributed by atoms with Gasteiger partial charge in [0.1, 0.15) is 5.82 Å². The minimum absolute atomic E-state index is 0.0120. The van der Waals surface area contributed by atoms with Gasteiger partial charge in [-0.1, -0.05) is 42.5 Å². The second kappa shape index (κ2) is 11.3. The van der Waals surface area contributed by atoms with Crippen LogP contribution in [0.15, 0.2) is 79.0 Å². The maximum Gasteiger partial charge on any atom is 0.255 e. The molecule has 0 saturated heterocycles. The van der Waals surface area contributed by atoms with Crippen molar-refractivity contribution in [2.45, 2.75) is 20.1 Å². The van der Waals surface area contributed by atoms with Crippen molar-refractivity contribution in [2.75, 3.05) is 16.3 Å². The summed E-state index contributed by atoms with van der Waals surface area (Å²) in [7, 11) is -3.60. The third kappa shape index (κ3) is 7.18. The van der Waals surface area contributed by atoms with Gasteiger partial charge in [0.15, 0.2) is 5.82 Å². The topological polar surface area (TPSA) is 110 Å². The van der Waals surface area contributed by atoms with Crippen LogP contribution in [0, 0.1) is 12.7 Å². The van der Waals surface area contributed by atoms with E-state index in [2.05, 4.69) is 20.0 Å². The highest BCUT2D eigenvalue weighted by molar-refractivity contribution is 7.92. The molecule has 0 aliphatic heterocycles. The molecule has 0 saturated carbocycles. The molecule has 0 bridgehead atoms. The standard InChI is InChI=1S/C27H25FN4O4S/c1-18-26(32-37(2,34)35)31-25(15-29-18)23-14-21(10-13-24(23)28)27(33)30-22-11-8-20(9-12-22)17-36-16-19-6-4-3-5-7-19/h3-15H,16-17H2,1-2H3,(H,30,33)(H,31,32). The molecule has 0 unspecified atom stereocenters. The zero-order valence-corrected chi connectivity index (χ0v) is 21.0. The number of sulfonamides is 1. The van der Waals surface area contributed by atoms with Crippen LogP contribution in [0.1, 0.15) is 27.2 Å². The Labute approximate surface area is 214 Å². The van der Waals surface area contributed by atoms with Crippen LogP contribution < -0.4 is 10.0 Å². The van der Waals surface area contributed by atoms with Gasteiger partial charge < -0.3 is 10.1 Å². The summed E-state index contributed by atoms with van der Waals surface area (Å²) in [6.45, 7) is 2.51. The second-order valence-corrected chi connectivity index (χ2v) is 10.1. The molecule has 2 N–H and O–H groups in total. The van der Waals surface area contributed by atoms with E-state index in [-0.39, 0.29) is 22.6 Å². The van der Waals surface area contributed by atoms with Gasteiger partial charge in [-0.05, 0) is 48.4 Å². The Balaban J connectivity index is 1.44. The van der Waals surface area contributed by atoms with E-state index in [9.17, 15) is 17.6 Å². The fourth-order valence-corrected chi connectivity index (χ4v) is 4.01. The second-order valence-electron chi connectivity index (χ2n) is 8.39. The van der Waals surface area contributed by atoms with Gasteiger partial charge in [-0.25, -0.2) is 17.8 Å². The molecule has 0 aliphatic carbocycles. The third-order valence-electron chi connectivity index (χ3n) is 5.33. The molecule has 8 nitrogen and oxygen atoms in total. The van der Waals surface area contributed by atoms with E-state index in [4.69, 9.17) is 4.74 Å². The minimum atomic E-state index is -3.60. The molecule has 1 amide bonds. The lowest BCUT2D eigenvalue weighted by Gasteiger charge is -2.11. The van der Waals surface area contributed by atoms with Gasteiger partial charge in [0.2, 0.25) is 10.0 Å². The lowest BCUT2D eigenvalue weighted by atomic mass is 10.1.